The Balaban J connectivity index is 3.57. The van der Waals surface area contributed by atoms with Crippen molar-refractivity contribution in [2.75, 3.05) is 5.32 Å². The number of benzene rings is 1. The number of aliphatic carboxylic acids is 1. The molecule has 1 atom stereocenters. The maximum absolute atomic E-state index is 12.7. The molecule has 10 nitrogen and oxygen atoms in total. The molecule has 0 fully saturated rings. The zero-order valence-electron chi connectivity index (χ0n) is 13.4. The Bertz CT molecular complexity index is 857. The first-order chi connectivity index (χ1) is 12.4. The summed E-state index contributed by atoms with van der Waals surface area (Å²) in [6.07, 6.45) is -0.636. The summed E-state index contributed by atoms with van der Waals surface area (Å²) in [6, 6.07) is -1.58. The molecule has 0 bridgehead atoms. The number of anilines is 1. The van der Waals surface area contributed by atoms with Gasteiger partial charge in [-0.3, -0.25) is 14.4 Å². The van der Waals surface area contributed by atoms with Gasteiger partial charge in [-0.2, -0.15) is 0 Å². The van der Waals surface area contributed by atoms with Gasteiger partial charge in [0.15, 0.2) is 0 Å². The molecule has 0 saturated heterocycles. The number of aromatic carboxylic acids is 1. The molecule has 6 N–H and O–H groups in total. The van der Waals surface area contributed by atoms with Crippen LogP contribution in [0.4, 0.5) is 5.69 Å². The van der Waals surface area contributed by atoms with E-state index in [0.717, 1.165) is 0 Å². The van der Waals surface area contributed by atoms with Crippen molar-refractivity contribution in [2.24, 2.45) is 5.73 Å². The summed E-state index contributed by atoms with van der Waals surface area (Å²) >= 11 is 5.15. The second-order valence-electron chi connectivity index (χ2n) is 5.09. The molecule has 0 unspecified atom stereocenters. The number of hydrogen-bond donors (Lipinski definition) is 5. The minimum absolute atomic E-state index is 0.0590. The lowest BCUT2D eigenvalue weighted by Crippen LogP contribution is -2.44. The Morgan fingerprint density at radius 1 is 1.00 bits per heavy atom. The largest absolute Gasteiger partial charge is 0.480 e. The molecule has 13 heteroatoms. The summed E-state index contributed by atoms with van der Waals surface area (Å²) in [7, 11) is 0. The average Bonchev–Trinajstić information content (AvgIpc) is 2.49. The Hall–Kier alpha value is -1.24. The molecule has 1 aromatic carbocycles. The van der Waals surface area contributed by atoms with Crippen LogP contribution < -0.4 is 16.4 Å². The van der Waals surface area contributed by atoms with E-state index < -0.39 is 42.1 Å². The van der Waals surface area contributed by atoms with Gasteiger partial charge in [0.25, 0.3) is 5.91 Å². The Labute approximate surface area is 193 Å². The summed E-state index contributed by atoms with van der Waals surface area (Å²) in [5.41, 5.74) is 4.76. The van der Waals surface area contributed by atoms with Gasteiger partial charge in [0.05, 0.1) is 30.4 Å². The Morgan fingerprint density at radius 3 is 1.93 bits per heavy atom. The van der Waals surface area contributed by atoms with Crippen LogP contribution in [0.1, 0.15) is 34.1 Å². The minimum Gasteiger partial charge on any atom is -0.480 e. The van der Waals surface area contributed by atoms with Crippen LogP contribution in [-0.2, 0) is 14.4 Å². The number of primary amides is 1. The van der Waals surface area contributed by atoms with Crippen LogP contribution in [-0.4, -0.2) is 45.9 Å². The highest BCUT2D eigenvalue weighted by atomic mass is 127. The van der Waals surface area contributed by atoms with Crippen molar-refractivity contribution in [1.29, 1.82) is 0 Å². The molecule has 0 aromatic heterocycles. The molecule has 0 aliphatic heterocycles. The van der Waals surface area contributed by atoms with Crippen molar-refractivity contribution < 1.29 is 34.2 Å². The molecule has 1 rings (SSSR count). The van der Waals surface area contributed by atoms with Gasteiger partial charge in [-0.15, -0.1) is 0 Å². The van der Waals surface area contributed by atoms with E-state index in [0.29, 0.717) is 0 Å². The maximum Gasteiger partial charge on any atom is 0.337 e. The monoisotopic (exact) mass is 715 g/mol. The first-order valence-corrected chi connectivity index (χ1v) is 10.1. The predicted octanol–water partition coefficient (Wildman–Crippen LogP) is 1.22. The number of carbonyl (C=O) groups excluding carboxylic acids is 3. The number of nitrogens with one attached hydrogen (secondary N) is 2. The van der Waals surface area contributed by atoms with Gasteiger partial charge in [0.1, 0.15) is 6.04 Å². The van der Waals surface area contributed by atoms with E-state index in [1.54, 1.807) is 67.8 Å². The number of halogens is 3. The van der Waals surface area contributed by atoms with E-state index in [1.165, 1.54) is 6.92 Å². The number of rotatable bonds is 7. The first kappa shape index (κ1) is 23.8. The SMILES string of the molecule is CC(=O)Nc1c(I)c(C(=O)O)c(I)c(C(=O)N[C@@H](CC(N)=O)C(=O)O)c1I. The lowest BCUT2D eigenvalue weighted by Gasteiger charge is -2.19. The Kier molecular flexibility index (Phi) is 8.64. The van der Waals surface area contributed by atoms with E-state index in [-0.39, 0.29) is 27.5 Å². The quantitative estimate of drug-likeness (QED) is 0.264. The number of hydrogen-bond acceptors (Lipinski definition) is 5. The van der Waals surface area contributed by atoms with Crippen LogP contribution >= 0.6 is 67.8 Å². The lowest BCUT2D eigenvalue weighted by molar-refractivity contribution is -0.140. The van der Waals surface area contributed by atoms with Crippen LogP contribution in [0.15, 0.2) is 0 Å². The third-order valence-electron chi connectivity index (χ3n) is 3.07. The van der Waals surface area contributed by atoms with Crippen molar-refractivity contribution >= 4 is 103 Å². The summed E-state index contributed by atoms with van der Waals surface area (Å²) in [4.78, 5) is 58.0. The fourth-order valence-corrected chi connectivity index (χ4v) is 6.36. The summed E-state index contributed by atoms with van der Waals surface area (Å²) in [6.45, 7) is 1.22. The van der Waals surface area contributed by atoms with Crippen molar-refractivity contribution in [2.45, 2.75) is 19.4 Å². The van der Waals surface area contributed by atoms with Gasteiger partial charge in [-0.05, 0) is 67.8 Å². The maximum atomic E-state index is 12.7. The molecule has 0 heterocycles. The normalized spacial score (nSPS) is 11.4. The summed E-state index contributed by atoms with van der Waals surface area (Å²) < 4.78 is 0.499. The molecule has 3 amide bonds. The molecule has 0 aliphatic rings. The van der Waals surface area contributed by atoms with E-state index in [4.69, 9.17) is 10.8 Å². The molecular weight excluding hydrogens is 703 g/mol. The van der Waals surface area contributed by atoms with Crippen LogP contribution in [0.25, 0.3) is 0 Å². The number of amides is 3. The van der Waals surface area contributed by atoms with Crippen LogP contribution in [0.2, 0.25) is 0 Å². The van der Waals surface area contributed by atoms with Crippen molar-refractivity contribution in [3.05, 3.63) is 21.8 Å². The van der Waals surface area contributed by atoms with Crippen molar-refractivity contribution in [1.82, 2.24) is 5.32 Å². The molecule has 0 spiro atoms. The van der Waals surface area contributed by atoms with Crippen molar-refractivity contribution in [3.8, 4) is 0 Å². The molecule has 1 aromatic rings. The lowest BCUT2D eigenvalue weighted by atomic mass is 10.1. The van der Waals surface area contributed by atoms with Gasteiger partial charge in [-0.25, -0.2) is 9.59 Å². The van der Waals surface area contributed by atoms with E-state index in [1.807, 2.05) is 0 Å². The Morgan fingerprint density at radius 2 is 1.52 bits per heavy atom. The fraction of sp³-hybridized carbons (Fsp3) is 0.214. The van der Waals surface area contributed by atoms with Gasteiger partial charge in [0.2, 0.25) is 11.8 Å². The number of carboxylic acids is 2. The fourth-order valence-electron chi connectivity index (χ4n) is 1.97. The standard InChI is InChI=1S/C14H12I3N3O7/c1-3(21)19-11-9(16)6(8(15)7(10(11)17)14(26)27)12(23)20-4(13(24)25)2-5(18)22/h4H,2H2,1H3,(H2,18,22)(H,19,21)(H,20,23)(H,24,25)(H,26,27)/t4-/m0/s1. The molecule has 146 valence electrons. The highest BCUT2D eigenvalue weighted by molar-refractivity contribution is 14.1. The van der Waals surface area contributed by atoms with Crippen LogP contribution in [0.5, 0.6) is 0 Å². The molecule has 27 heavy (non-hydrogen) atoms. The smallest absolute Gasteiger partial charge is 0.337 e. The molecule has 0 saturated carbocycles. The average molecular weight is 715 g/mol. The van der Waals surface area contributed by atoms with Gasteiger partial charge >= 0.3 is 11.9 Å². The van der Waals surface area contributed by atoms with E-state index in [2.05, 4.69) is 10.6 Å². The molecule has 0 aliphatic carbocycles. The third-order valence-corrected chi connectivity index (χ3v) is 6.30. The highest BCUT2D eigenvalue weighted by Gasteiger charge is 2.30. The highest BCUT2D eigenvalue weighted by Crippen LogP contribution is 2.35. The number of carbonyl (C=O) groups is 5. The second kappa shape index (κ2) is 9.80. The molecule has 0 radical (unpaired) electrons. The number of carboxylic acid groups (broad SMARTS) is 2. The van der Waals surface area contributed by atoms with Crippen LogP contribution in [0, 0.1) is 10.7 Å². The second-order valence-corrected chi connectivity index (χ2v) is 8.32. The summed E-state index contributed by atoms with van der Waals surface area (Å²) in [5, 5.41) is 23.2. The molecular formula is C14H12I3N3O7. The van der Waals surface area contributed by atoms with Gasteiger partial charge in [0, 0.05) is 10.5 Å². The number of nitrogens with two attached hydrogens (primary N) is 1. The third kappa shape index (κ3) is 5.87. The van der Waals surface area contributed by atoms with Gasteiger partial charge < -0.3 is 26.6 Å². The van der Waals surface area contributed by atoms with Gasteiger partial charge in [-0.1, -0.05) is 0 Å². The van der Waals surface area contributed by atoms with E-state index in [9.17, 15) is 29.1 Å². The topological polar surface area (TPSA) is 176 Å². The minimum atomic E-state index is -1.58. The van der Waals surface area contributed by atoms with Crippen molar-refractivity contribution in [3.63, 3.8) is 0 Å². The first-order valence-electron chi connectivity index (χ1n) is 6.91. The zero-order valence-corrected chi connectivity index (χ0v) is 19.9. The summed E-state index contributed by atoms with van der Waals surface area (Å²) in [5.74, 6) is -5.12. The van der Waals surface area contributed by atoms with E-state index >= 15 is 0 Å². The van der Waals surface area contributed by atoms with Crippen LogP contribution in [0.3, 0.4) is 0 Å². The zero-order chi connectivity index (χ0) is 21.0. The predicted molar refractivity (Wildman–Crippen MR) is 119 cm³/mol.